The highest BCUT2D eigenvalue weighted by Crippen LogP contribution is 2.36. The number of fused-ring (bicyclic) bond motifs is 2. The molecule has 1 amide bonds. The summed E-state index contributed by atoms with van der Waals surface area (Å²) in [5.74, 6) is -2.67. The summed E-state index contributed by atoms with van der Waals surface area (Å²) in [6.07, 6.45) is -6.37. The van der Waals surface area contributed by atoms with Crippen LogP contribution in [0.4, 0.5) is 18.9 Å². The van der Waals surface area contributed by atoms with E-state index in [0.29, 0.717) is 6.07 Å². The average molecular weight is 600 g/mol. The summed E-state index contributed by atoms with van der Waals surface area (Å²) >= 11 is 6.01. The van der Waals surface area contributed by atoms with Crippen molar-refractivity contribution in [3.8, 4) is 0 Å². The number of anilines is 1. The molecule has 0 saturated carbocycles. The molecule has 0 saturated heterocycles. The van der Waals surface area contributed by atoms with Crippen LogP contribution in [-0.4, -0.2) is 26.1 Å². The van der Waals surface area contributed by atoms with Crippen molar-refractivity contribution in [1.29, 1.82) is 0 Å². The number of carbonyl (C=O) groups is 3. The van der Waals surface area contributed by atoms with Gasteiger partial charge in [-0.1, -0.05) is 54.1 Å². The first-order chi connectivity index (χ1) is 19.4. The fourth-order valence-electron chi connectivity index (χ4n) is 4.28. The Morgan fingerprint density at radius 3 is 2.20 bits per heavy atom. The average Bonchev–Trinajstić information content (AvgIpc) is 2.95. The molecule has 0 unspecified atom stereocenters. The molecule has 1 aliphatic heterocycles. The van der Waals surface area contributed by atoms with Crippen molar-refractivity contribution in [2.45, 2.75) is 22.1 Å². The van der Waals surface area contributed by atoms with E-state index < -0.39 is 50.2 Å². The highest BCUT2D eigenvalue weighted by molar-refractivity contribution is 7.91. The van der Waals surface area contributed by atoms with Crippen LogP contribution in [0.3, 0.4) is 0 Å². The molecule has 0 radical (unpaired) electrons. The molecule has 208 valence electrons. The van der Waals surface area contributed by atoms with E-state index in [-0.39, 0.29) is 37.9 Å². The molecule has 12 heteroatoms. The van der Waals surface area contributed by atoms with Gasteiger partial charge in [0, 0.05) is 16.7 Å². The molecular formula is C29H17ClF3NO6S. The van der Waals surface area contributed by atoms with Crippen LogP contribution in [0.15, 0.2) is 101 Å². The van der Waals surface area contributed by atoms with E-state index in [4.69, 9.17) is 16.3 Å². The van der Waals surface area contributed by atoms with E-state index in [0.717, 1.165) is 18.2 Å². The van der Waals surface area contributed by atoms with Crippen LogP contribution in [0.25, 0.3) is 0 Å². The van der Waals surface area contributed by atoms with Crippen molar-refractivity contribution in [2.75, 3.05) is 5.32 Å². The number of sulfone groups is 1. The zero-order valence-corrected chi connectivity index (χ0v) is 22.2. The Bertz CT molecular complexity index is 1820. The van der Waals surface area contributed by atoms with Gasteiger partial charge in [-0.25, -0.2) is 13.2 Å². The highest BCUT2D eigenvalue weighted by Gasteiger charge is 2.36. The molecule has 0 aliphatic carbocycles. The predicted octanol–water partition coefficient (Wildman–Crippen LogP) is 6.27. The normalized spacial score (nSPS) is 14.4. The van der Waals surface area contributed by atoms with E-state index >= 15 is 0 Å². The Morgan fingerprint density at radius 1 is 0.829 bits per heavy atom. The van der Waals surface area contributed by atoms with Crippen molar-refractivity contribution in [1.82, 2.24) is 0 Å². The molecule has 0 spiro atoms. The number of ketones is 1. The fraction of sp³-hybridized carbons (Fsp3) is 0.0690. The van der Waals surface area contributed by atoms with Gasteiger partial charge in [-0.05, 0) is 48.5 Å². The van der Waals surface area contributed by atoms with E-state index in [1.807, 2.05) is 0 Å². The van der Waals surface area contributed by atoms with Crippen LogP contribution in [0, 0.1) is 0 Å². The topological polar surface area (TPSA) is 107 Å². The third-order valence-corrected chi connectivity index (χ3v) is 8.47. The lowest BCUT2D eigenvalue weighted by molar-refractivity contribution is -0.137. The molecule has 0 fully saturated rings. The smallest absolute Gasteiger partial charge is 0.416 e. The van der Waals surface area contributed by atoms with Gasteiger partial charge < -0.3 is 10.1 Å². The van der Waals surface area contributed by atoms with Gasteiger partial charge >= 0.3 is 12.1 Å². The lowest BCUT2D eigenvalue weighted by atomic mass is 10.0. The number of rotatable bonds is 5. The SMILES string of the molecule is O=C(O[C@@H](C(=O)Nc1cc(C(F)(F)F)ccc1Cl)c1ccccc1)c1ccc2c(c1)S(=O)(=O)c1ccccc1C2=O. The monoisotopic (exact) mass is 599 g/mol. The molecule has 1 heterocycles. The van der Waals surface area contributed by atoms with E-state index in [1.54, 1.807) is 18.2 Å². The summed E-state index contributed by atoms with van der Waals surface area (Å²) in [5, 5.41) is 2.08. The van der Waals surface area contributed by atoms with Gasteiger partial charge in [0.05, 0.1) is 31.6 Å². The van der Waals surface area contributed by atoms with Gasteiger partial charge in [-0.3, -0.25) is 9.59 Å². The van der Waals surface area contributed by atoms with Gasteiger partial charge in [0.2, 0.25) is 15.9 Å². The van der Waals surface area contributed by atoms with Crippen LogP contribution in [0.2, 0.25) is 5.02 Å². The maximum atomic E-state index is 13.2. The molecule has 4 aromatic carbocycles. The molecule has 0 aromatic heterocycles. The lowest BCUT2D eigenvalue weighted by Gasteiger charge is -2.21. The molecular weight excluding hydrogens is 583 g/mol. The van der Waals surface area contributed by atoms with Crippen molar-refractivity contribution in [3.05, 3.63) is 124 Å². The van der Waals surface area contributed by atoms with Gasteiger partial charge in [0.15, 0.2) is 5.78 Å². The van der Waals surface area contributed by atoms with Crippen molar-refractivity contribution in [2.24, 2.45) is 0 Å². The van der Waals surface area contributed by atoms with Gasteiger partial charge in [-0.15, -0.1) is 0 Å². The van der Waals surface area contributed by atoms with Crippen molar-refractivity contribution < 1.29 is 40.7 Å². The Hall–Kier alpha value is -4.48. The highest BCUT2D eigenvalue weighted by atomic mass is 35.5. The maximum Gasteiger partial charge on any atom is 0.416 e. The number of hydrogen-bond donors (Lipinski definition) is 1. The molecule has 1 atom stereocenters. The van der Waals surface area contributed by atoms with Crippen molar-refractivity contribution in [3.63, 3.8) is 0 Å². The molecule has 1 N–H and O–H groups in total. The van der Waals surface area contributed by atoms with Gasteiger partial charge in [-0.2, -0.15) is 13.2 Å². The minimum absolute atomic E-state index is 0.00407. The first kappa shape index (κ1) is 28.1. The molecule has 0 bridgehead atoms. The van der Waals surface area contributed by atoms with E-state index in [2.05, 4.69) is 5.32 Å². The fourth-order valence-corrected chi connectivity index (χ4v) is 6.12. The van der Waals surface area contributed by atoms with Crippen LogP contribution in [0.5, 0.6) is 0 Å². The molecule has 7 nitrogen and oxygen atoms in total. The van der Waals surface area contributed by atoms with Crippen LogP contribution in [-0.2, 0) is 25.5 Å². The maximum absolute atomic E-state index is 13.2. The second kappa shape index (κ2) is 10.5. The Kier molecular flexibility index (Phi) is 7.18. The number of alkyl halides is 3. The Morgan fingerprint density at radius 2 is 1.49 bits per heavy atom. The Labute approximate surface area is 236 Å². The number of carbonyl (C=O) groups excluding carboxylic acids is 3. The molecule has 5 rings (SSSR count). The first-order valence-corrected chi connectivity index (χ1v) is 13.7. The van der Waals surface area contributed by atoms with E-state index in [9.17, 15) is 36.0 Å². The summed E-state index contributed by atoms with van der Waals surface area (Å²) in [7, 11) is -4.16. The lowest BCUT2D eigenvalue weighted by Crippen LogP contribution is -2.26. The predicted molar refractivity (Wildman–Crippen MR) is 141 cm³/mol. The summed E-state index contributed by atoms with van der Waals surface area (Å²) in [6.45, 7) is 0. The van der Waals surface area contributed by atoms with Crippen molar-refractivity contribution >= 4 is 44.8 Å². The number of nitrogens with one attached hydrogen (secondary N) is 1. The zero-order chi connectivity index (χ0) is 29.5. The number of halogens is 4. The minimum atomic E-state index is -4.70. The number of ether oxygens (including phenoxy) is 1. The third kappa shape index (κ3) is 5.33. The van der Waals surface area contributed by atoms with Crippen LogP contribution < -0.4 is 5.32 Å². The van der Waals surface area contributed by atoms with E-state index in [1.165, 1.54) is 48.5 Å². The van der Waals surface area contributed by atoms with Gasteiger partial charge in [0.1, 0.15) is 0 Å². The second-order valence-electron chi connectivity index (χ2n) is 8.92. The largest absolute Gasteiger partial charge is 0.444 e. The zero-order valence-electron chi connectivity index (χ0n) is 20.6. The Balaban J connectivity index is 1.47. The number of amides is 1. The summed E-state index contributed by atoms with van der Waals surface area (Å²) in [4.78, 5) is 38.7. The molecule has 1 aliphatic rings. The number of hydrogen-bond acceptors (Lipinski definition) is 6. The minimum Gasteiger partial charge on any atom is -0.444 e. The van der Waals surface area contributed by atoms with Crippen LogP contribution >= 0.6 is 11.6 Å². The number of esters is 1. The second-order valence-corrected chi connectivity index (χ2v) is 11.2. The standard InChI is InChI=1S/C29H17ClF3NO6S/c30-21-13-11-18(29(31,32)33)15-22(21)34-27(36)26(16-6-2-1-3-7-16)40-28(37)17-10-12-20-24(14-17)41(38,39)23-9-5-4-8-19(23)25(20)35/h1-15,26H,(H,34,36)/t26-/m1/s1. The summed E-state index contributed by atoms with van der Waals surface area (Å²) in [5.41, 5.74) is -1.64. The first-order valence-electron chi connectivity index (χ1n) is 11.8. The third-order valence-electron chi connectivity index (χ3n) is 6.29. The van der Waals surface area contributed by atoms with Crippen LogP contribution in [0.1, 0.15) is 43.5 Å². The summed E-state index contributed by atoms with van der Waals surface area (Å²) < 4.78 is 71.6. The van der Waals surface area contributed by atoms with Gasteiger partial charge in [0.25, 0.3) is 5.91 Å². The number of benzene rings is 4. The quantitative estimate of drug-likeness (QED) is 0.239. The molecule has 4 aromatic rings. The molecule has 41 heavy (non-hydrogen) atoms. The summed E-state index contributed by atoms with van der Waals surface area (Å²) in [6, 6.07) is 19.0.